The summed E-state index contributed by atoms with van der Waals surface area (Å²) in [7, 11) is 0.601. The Labute approximate surface area is 171 Å². The molecule has 1 N–H and O–H groups in total. The third-order valence-corrected chi connectivity index (χ3v) is 6.66. The van der Waals surface area contributed by atoms with Gasteiger partial charge in [-0.1, -0.05) is 12.1 Å². The third-order valence-electron chi connectivity index (χ3n) is 4.71. The monoisotopic (exact) mass is 418 g/mol. The van der Waals surface area contributed by atoms with Crippen LogP contribution in [0.1, 0.15) is 37.4 Å². The van der Waals surface area contributed by atoms with Gasteiger partial charge >= 0.3 is 5.97 Å². The zero-order valence-corrected chi connectivity index (χ0v) is 18.1. The maximum Gasteiger partial charge on any atom is 0.337 e. The maximum atomic E-state index is 12.5. The summed E-state index contributed by atoms with van der Waals surface area (Å²) in [6.45, 7) is 3.88. The quantitative estimate of drug-likeness (QED) is 0.697. The molecule has 0 atom stereocenters. The van der Waals surface area contributed by atoms with Crippen molar-refractivity contribution in [1.29, 1.82) is 0 Å². The number of aryl methyl sites for hydroxylation is 1. The number of carbonyl (C=O) groups excluding carboxylic acids is 2. The lowest BCUT2D eigenvalue weighted by Crippen LogP contribution is -2.27. The van der Waals surface area contributed by atoms with Crippen LogP contribution in [0.3, 0.4) is 0 Å². The molecule has 0 aromatic heterocycles. The number of ether oxygens (including phenoxy) is 1. The standard InChI is InChI=1S/C21H26N2O5S/c1-14-12-18(13-19(15(14)2)29(26,27)23(3)4)20(24)22-11-10-16-6-8-17(9-7-16)21(25)28-5/h6-9,12-13H,10-11H2,1-5H3,(H,22,24). The van der Waals surface area contributed by atoms with Crippen molar-refractivity contribution in [2.45, 2.75) is 25.2 Å². The number of nitrogens with zero attached hydrogens (tertiary/aromatic N) is 1. The van der Waals surface area contributed by atoms with E-state index < -0.39 is 16.0 Å². The van der Waals surface area contributed by atoms with E-state index in [2.05, 4.69) is 10.1 Å². The molecule has 0 fully saturated rings. The minimum absolute atomic E-state index is 0.131. The number of esters is 1. The minimum atomic E-state index is -3.65. The summed E-state index contributed by atoms with van der Waals surface area (Å²) in [6.07, 6.45) is 0.570. The Bertz CT molecular complexity index is 1010. The molecule has 7 nitrogen and oxygen atoms in total. The highest BCUT2D eigenvalue weighted by Crippen LogP contribution is 2.23. The van der Waals surface area contributed by atoms with E-state index in [-0.39, 0.29) is 10.8 Å². The van der Waals surface area contributed by atoms with Crippen molar-refractivity contribution in [2.24, 2.45) is 0 Å². The molecule has 0 aliphatic rings. The fourth-order valence-corrected chi connectivity index (χ4v) is 3.99. The van der Waals surface area contributed by atoms with Crippen molar-refractivity contribution >= 4 is 21.9 Å². The summed E-state index contributed by atoms with van der Waals surface area (Å²) in [5.41, 5.74) is 3.07. The van der Waals surface area contributed by atoms with Crippen molar-refractivity contribution in [3.05, 3.63) is 64.2 Å². The first-order valence-electron chi connectivity index (χ1n) is 9.07. The van der Waals surface area contributed by atoms with Crippen LogP contribution in [0.15, 0.2) is 41.3 Å². The molecule has 8 heteroatoms. The van der Waals surface area contributed by atoms with Gasteiger partial charge in [0.15, 0.2) is 0 Å². The van der Waals surface area contributed by atoms with E-state index in [1.807, 2.05) is 0 Å². The summed E-state index contributed by atoms with van der Waals surface area (Å²) in [5.74, 6) is -0.738. The van der Waals surface area contributed by atoms with Crippen LogP contribution in [0, 0.1) is 13.8 Å². The van der Waals surface area contributed by atoms with Crippen molar-refractivity contribution in [2.75, 3.05) is 27.7 Å². The molecule has 0 saturated carbocycles. The van der Waals surface area contributed by atoms with Crippen molar-refractivity contribution < 1.29 is 22.7 Å². The van der Waals surface area contributed by atoms with Gasteiger partial charge in [-0.3, -0.25) is 4.79 Å². The van der Waals surface area contributed by atoms with E-state index in [0.717, 1.165) is 15.4 Å². The third kappa shape index (κ3) is 5.21. The van der Waals surface area contributed by atoms with Crippen molar-refractivity contribution in [3.8, 4) is 0 Å². The van der Waals surface area contributed by atoms with E-state index >= 15 is 0 Å². The van der Waals surface area contributed by atoms with Gasteiger partial charge in [-0.15, -0.1) is 0 Å². The number of hydrogen-bond acceptors (Lipinski definition) is 5. The molecule has 0 bridgehead atoms. The van der Waals surface area contributed by atoms with E-state index in [1.165, 1.54) is 27.3 Å². The first-order chi connectivity index (χ1) is 13.6. The second-order valence-corrected chi connectivity index (χ2v) is 9.02. The lowest BCUT2D eigenvalue weighted by Gasteiger charge is -2.16. The normalized spacial score (nSPS) is 11.4. The molecular weight excluding hydrogens is 392 g/mol. The first-order valence-corrected chi connectivity index (χ1v) is 10.5. The molecule has 0 aliphatic heterocycles. The summed E-state index contributed by atoms with van der Waals surface area (Å²) in [6, 6.07) is 10.0. The molecule has 0 heterocycles. The zero-order chi connectivity index (χ0) is 21.8. The number of carbonyl (C=O) groups is 2. The summed E-state index contributed by atoms with van der Waals surface area (Å²) in [4.78, 5) is 24.1. The number of rotatable bonds is 7. The minimum Gasteiger partial charge on any atom is -0.465 e. The molecule has 0 radical (unpaired) electrons. The fourth-order valence-electron chi connectivity index (χ4n) is 2.77. The van der Waals surface area contributed by atoms with Gasteiger partial charge in [-0.25, -0.2) is 17.5 Å². The van der Waals surface area contributed by atoms with Gasteiger partial charge in [0.05, 0.1) is 17.6 Å². The SMILES string of the molecule is COC(=O)c1ccc(CCNC(=O)c2cc(C)c(C)c(S(=O)(=O)N(C)C)c2)cc1. The van der Waals surface area contributed by atoms with Gasteiger partial charge in [0.1, 0.15) is 0 Å². The largest absolute Gasteiger partial charge is 0.465 e. The summed E-state index contributed by atoms with van der Waals surface area (Å²) < 4.78 is 30.9. The molecule has 2 aromatic rings. The van der Waals surface area contributed by atoms with Crippen LogP contribution in [0.2, 0.25) is 0 Å². The van der Waals surface area contributed by atoms with E-state index in [1.54, 1.807) is 44.2 Å². The topological polar surface area (TPSA) is 92.8 Å². The molecule has 2 rings (SSSR count). The van der Waals surface area contributed by atoms with Crippen LogP contribution in [-0.4, -0.2) is 52.3 Å². The van der Waals surface area contributed by atoms with Crippen LogP contribution in [0.4, 0.5) is 0 Å². The highest BCUT2D eigenvalue weighted by molar-refractivity contribution is 7.89. The Morgan fingerprint density at radius 1 is 1.03 bits per heavy atom. The van der Waals surface area contributed by atoms with Crippen LogP contribution < -0.4 is 5.32 Å². The van der Waals surface area contributed by atoms with Gasteiger partial charge in [-0.2, -0.15) is 0 Å². The second kappa shape index (κ2) is 9.19. The predicted octanol–water partition coefficient (Wildman–Crippen LogP) is 2.31. The number of sulfonamides is 1. The molecule has 1 amide bonds. The molecule has 0 spiro atoms. The zero-order valence-electron chi connectivity index (χ0n) is 17.3. The summed E-state index contributed by atoms with van der Waals surface area (Å²) >= 11 is 0. The lowest BCUT2D eigenvalue weighted by molar-refractivity contribution is 0.0600. The van der Waals surface area contributed by atoms with Crippen molar-refractivity contribution in [1.82, 2.24) is 9.62 Å². The van der Waals surface area contributed by atoms with Gasteiger partial charge < -0.3 is 10.1 Å². The fraction of sp³-hybridized carbons (Fsp3) is 0.333. The Morgan fingerprint density at radius 3 is 2.21 bits per heavy atom. The average Bonchev–Trinajstić information content (AvgIpc) is 2.69. The van der Waals surface area contributed by atoms with Gasteiger partial charge in [0.25, 0.3) is 5.91 Å². The molecule has 0 unspecified atom stereocenters. The number of benzene rings is 2. The average molecular weight is 419 g/mol. The molecular formula is C21H26N2O5S. The van der Waals surface area contributed by atoms with E-state index in [0.29, 0.717) is 29.7 Å². The highest BCUT2D eigenvalue weighted by atomic mass is 32.2. The Kier molecular flexibility index (Phi) is 7.16. The van der Waals surface area contributed by atoms with Crippen LogP contribution in [0.25, 0.3) is 0 Å². The number of hydrogen-bond donors (Lipinski definition) is 1. The summed E-state index contributed by atoms with van der Waals surface area (Å²) in [5, 5.41) is 2.81. The van der Waals surface area contributed by atoms with E-state index in [4.69, 9.17) is 0 Å². The van der Waals surface area contributed by atoms with Crippen LogP contribution >= 0.6 is 0 Å². The van der Waals surface area contributed by atoms with Gasteiger partial charge in [-0.05, 0) is 61.2 Å². The van der Waals surface area contributed by atoms with Gasteiger partial charge in [0.2, 0.25) is 10.0 Å². The van der Waals surface area contributed by atoms with Crippen LogP contribution in [-0.2, 0) is 21.2 Å². The smallest absolute Gasteiger partial charge is 0.337 e. The number of amides is 1. The van der Waals surface area contributed by atoms with Gasteiger partial charge in [0, 0.05) is 26.2 Å². The Balaban J connectivity index is 2.10. The molecule has 29 heavy (non-hydrogen) atoms. The van der Waals surface area contributed by atoms with Crippen LogP contribution in [0.5, 0.6) is 0 Å². The highest BCUT2D eigenvalue weighted by Gasteiger charge is 2.22. The molecule has 0 aliphatic carbocycles. The molecule has 0 saturated heterocycles. The second-order valence-electron chi connectivity index (χ2n) is 6.90. The molecule has 2 aromatic carbocycles. The lowest BCUT2D eigenvalue weighted by atomic mass is 10.1. The maximum absolute atomic E-state index is 12.5. The molecule has 156 valence electrons. The Morgan fingerprint density at radius 2 is 1.66 bits per heavy atom. The number of nitrogens with one attached hydrogen (secondary N) is 1. The van der Waals surface area contributed by atoms with E-state index in [9.17, 15) is 18.0 Å². The van der Waals surface area contributed by atoms with Crippen molar-refractivity contribution in [3.63, 3.8) is 0 Å². The number of methoxy groups -OCH3 is 1. The predicted molar refractivity (Wildman–Crippen MR) is 111 cm³/mol. The Hall–Kier alpha value is -2.71. The first kappa shape index (κ1) is 22.6.